The van der Waals surface area contributed by atoms with E-state index in [1.807, 2.05) is 24.7 Å². The van der Waals surface area contributed by atoms with Gasteiger partial charge in [0.25, 0.3) is 0 Å². The van der Waals surface area contributed by atoms with E-state index in [-0.39, 0.29) is 5.60 Å². The number of likely N-dealkylation sites (N-methyl/N-ethyl adjacent to an activating group) is 1. The molecule has 2 aliphatic heterocycles. The molecular formula is C21H28N4O. The van der Waals surface area contributed by atoms with Crippen molar-refractivity contribution in [2.45, 2.75) is 44.0 Å². The maximum atomic E-state index is 6.35. The van der Waals surface area contributed by atoms with E-state index < -0.39 is 0 Å². The predicted molar refractivity (Wildman–Crippen MR) is 102 cm³/mol. The van der Waals surface area contributed by atoms with Crippen LogP contribution in [0, 0.1) is 0 Å². The van der Waals surface area contributed by atoms with Gasteiger partial charge in [0.2, 0.25) is 0 Å². The first-order valence-electron chi connectivity index (χ1n) is 9.58. The summed E-state index contributed by atoms with van der Waals surface area (Å²) >= 11 is 0. The van der Waals surface area contributed by atoms with Crippen LogP contribution in [0.3, 0.4) is 0 Å². The summed E-state index contributed by atoms with van der Waals surface area (Å²) in [5, 5.41) is 0. The molecule has 2 saturated heterocycles. The molecule has 0 bridgehead atoms. The zero-order chi connectivity index (χ0) is 17.8. The van der Waals surface area contributed by atoms with Gasteiger partial charge in [0, 0.05) is 50.8 Å². The number of rotatable bonds is 5. The molecule has 4 rings (SSSR count). The van der Waals surface area contributed by atoms with E-state index in [4.69, 9.17) is 4.74 Å². The van der Waals surface area contributed by atoms with Gasteiger partial charge in [-0.3, -0.25) is 19.8 Å². The van der Waals surface area contributed by atoms with Crippen molar-refractivity contribution in [1.29, 1.82) is 0 Å². The van der Waals surface area contributed by atoms with Crippen LogP contribution >= 0.6 is 0 Å². The lowest BCUT2D eigenvalue weighted by Gasteiger charge is -2.39. The van der Waals surface area contributed by atoms with E-state index in [0.29, 0.717) is 6.04 Å². The minimum atomic E-state index is 0.0811. The number of aromatic nitrogens is 2. The van der Waals surface area contributed by atoms with Gasteiger partial charge >= 0.3 is 0 Å². The molecule has 0 aromatic carbocycles. The highest BCUT2D eigenvalue weighted by Crippen LogP contribution is 2.37. The number of likely N-dealkylation sites (tertiary alicyclic amines) is 1. The number of piperidine rings is 1. The van der Waals surface area contributed by atoms with Crippen molar-refractivity contribution in [2.75, 3.05) is 26.7 Å². The highest BCUT2D eigenvalue weighted by molar-refractivity contribution is 5.10. The smallest absolute Gasteiger partial charge is 0.0723 e. The lowest BCUT2D eigenvalue weighted by Crippen LogP contribution is -2.44. The molecule has 1 spiro atoms. The largest absolute Gasteiger partial charge is 0.373 e. The molecule has 0 saturated carbocycles. The van der Waals surface area contributed by atoms with Crippen molar-refractivity contribution >= 4 is 0 Å². The van der Waals surface area contributed by atoms with Crippen molar-refractivity contribution in [3.63, 3.8) is 0 Å². The molecule has 0 unspecified atom stereocenters. The minimum Gasteiger partial charge on any atom is -0.373 e. The Morgan fingerprint density at radius 2 is 1.96 bits per heavy atom. The topological polar surface area (TPSA) is 41.5 Å². The van der Waals surface area contributed by atoms with Crippen LogP contribution in [-0.2, 0) is 17.8 Å². The summed E-state index contributed by atoms with van der Waals surface area (Å²) in [7, 11) is 2.19. The van der Waals surface area contributed by atoms with Gasteiger partial charge in [0.1, 0.15) is 0 Å². The highest BCUT2D eigenvalue weighted by Gasteiger charge is 2.43. The van der Waals surface area contributed by atoms with Gasteiger partial charge < -0.3 is 4.74 Å². The van der Waals surface area contributed by atoms with Gasteiger partial charge in [-0.15, -0.1) is 0 Å². The molecule has 1 atom stereocenters. The quantitative estimate of drug-likeness (QED) is 0.828. The average Bonchev–Trinajstić information content (AvgIpc) is 3.10. The maximum Gasteiger partial charge on any atom is 0.0723 e. The molecule has 0 aliphatic carbocycles. The van der Waals surface area contributed by atoms with Gasteiger partial charge in [-0.25, -0.2) is 0 Å². The number of hydrogen-bond acceptors (Lipinski definition) is 5. The minimum absolute atomic E-state index is 0.0811. The third kappa shape index (κ3) is 4.11. The van der Waals surface area contributed by atoms with Crippen LogP contribution in [0.5, 0.6) is 0 Å². The fourth-order valence-corrected chi connectivity index (χ4v) is 4.19. The second-order valence-electron chi connectivity index (χ2n) is 7.72. The molecule has 0 amide bonds. The van der Waals surface area contributed by atoms with E-state index in [1.54, 1.807) is 0 Å². The van der Waals surface area contributed by atoms with Gasteiger partial charge in [0.05, 0.1) is 17.9 Å². The SMILES string of the molecule is CN(Cc1ccccn1)[C@H]1COC2(CCN(Cc3ccncc3)CC2)C1. The number of pyridine rings is 2. The Bertz CT molecular complexity index is 686. The summed E-state index contributed by atoms with van der Waals surface area (Å²) in [6, 6.07) is 10.8. The first-order chi connectivity index (χ1) is 12.7. The summed E-state index contributed by atoms with van der Waals surface area (Å²) in [5.41, 5.74) is 2.55. The second kappa shape index (κ2) is 7.82. The van der Waals surface area contributed by atoms with Crippen molar-refractivity contribution < 1.29 is 4.74 Å². The summed E-state index contributed by atoms with van der Waals surface area (Å²) in [6.45, 7) is 4.96. The van der Waals surface area contributed by atoms with Crippen LogP contribution in [0.15, 0.2) is 48.9 Å². The van der Waals surface area contributed by atoms with Crippen LogP contribution in [-0.4, -0.2) is 58.2 Å². The van der Waals surface area contributed by atoms with Crippen LogP contribution in [0.4, 0.5) is 0 Å². The average molecular weight is 352 g/mol. The van der Waals surface area contributed by atoms with E-state index in [9.17, 15) is 0 Å². The highest BCUT2D eigenvalue weighted by atomic mass is 16.5. The molecule has 5 nitrogen and oxygen atoms in total. The van der Waals surface area contributed by atoms with Gasteiger partial charge in [-0.05, 0) is 56.1 Å². The lowest BCUT2D eigenvalue weighted by molar-refractivity contribution is -0.0452. The second-order valence-corrected chi connectivity index (χ2v) is 7.72. The standard InChI is InChI=1S/C21H28N4O/c1-24(16-19-4-2-3-9-23-19)20-14-21(26-17-20)7-12-25(13-8-21)15-18-5-10-22-11-6-18/h2-6,9-11,20H,7-8,12-17H2,1H3/t20-/m1/s1. The fourth-order valence-electron chi connectivity index (χ4n) is 4.19. The molecule has 26 heavy (non-hydrogen) atoms. The molecule has 4 heterocycles. The van der Waals surface area contributed by atoms with Crippen molar-refractivity contribution in [2.24, 2.45) is 0 Å². The van der Waals surface area contributed by atoms with Gasteiger partial charge in [-0.1, -0.05) is 6.07 Å². The van der Waals surface area contributed by atoms with Crippen molar-refractivity contribution in [3.8, 4) is 0 Å². The summed E-state index contributed by atoms with van der Waals surface area (Å²) in [4.78, 5) is 13.5. The summed E-state index contributed by atoms with van der Waals surface area (Å²) in [5.74, 6) is 0. The van der Waals surface area contributed by atoms with Crippen molar-refractivity contribution in [1.82, 2.24) is 19.8 Å². The third-order valence-electron chi connectivity index (χ3n) is 5.87. The Kier molecular flexibility index (Phi) is 5.29. The number of nitrogens with zero attached hydrogens (tertiary/aromatic N) is 4. The van der Waals surface area contributed by atoms with Crippen molar-refractivity contribution in [3.05, 3.63) is 60.2 Å². The van der Waals surface area contributed by atoms with Gasteiger partial charge in [-0.2, -0.15) is 0 Å². The molecule has 2 aliphatic rings. The van der Waals surface area contributed by atoms with Crippen LogP contribution in [0.25, 0.3) is 0 Å². The zero-order valence-electron chi connectivity index (χ0n) is 15.6. The molecule has 0 radical (unpaired) electrons. The monoisotopic (exact) mass is 352 g/mol. The van der Waals surface area contributed by atoms with E-state index in [1.165, 1.54) is 5.56 Å². The predicted octanol–water partition coefficient (Wildman–Crippen LogP) is 2.73. The summed E-state index contributed by atoms with van der Waals surface area (Å²) < 4.78 is 6.35. The summed E-state index contributed by atoms with van der Waals surface area (Å²) in [6.07, 6.45) is 9.03. The van der Waals surface area contributed by atoms with E-state index >= 15 is 0 Å². The third-order valence-corrected chi connectivity index (χ3v) is 5.87. The molecule has 2 fully saturated rings. The molecule has 138 valence electrons. The number of hydrogen-bond donors (Lipinski definition) is 0. The Morgan fingerprint density at radius 3 is 2.69 bits per heavy atom. The Hall–Kier alpha value is -1.82. The van der Waals surface area contributed by atoms with E-state index in [0.717, 1.165) is 57.7 Å². The Balaban J connectivity index is 1.28. The van der Waals surface area contributed by atoms with Gasteiger partial charge in [0.15, 0.2) is 0 Å². The lowest BCUT2D eigenvalue weighted by atomic mass is 9.87. The zero-order valence-corrected chi connectivity index (χ0v) is 15.6. The van der Waals surface area contributed by atoms with Crippen LogP contribution in [0.1, 0.15) is 30.5 Å². The normalized spacial score (nSPS) is 22.9. The maximum absolute atomic E-state index is 6.35. The molecule has 5 heteroatoms. The van der Waals surface area contributed by atoms with Crippen LogP contribution < -0.4 is 0 Å². The molecule has 2 aromatic rings. The van der Waals surface area contributed by atoms with E-state index in [2.05, 4.69) is 51.1 Å². The first kappa shape index (κ1) is 17.6. The number of ether oxygens (including phenoxy) is 1. The first-order valence-corrected chi connectivity index (χ1v) is 9.58. The molecule has 2 aromatic heterocycles. The van der Waals surface area contributed by atoms with Crippen LogP contribution in [0.2, 0.25) is 0 Å². The fraction of sp³-hybridized carbons (Fsp3) is 0.524. The Labute approximate surface area is 156 Å². The Morgan fingerprint density at radius 1 is 1.15 bits per heavy atom. The molecular weight excluding hydrogens is 324 g/mol. The molecule has 0 N–H and O–H groups in total.